The van der Waals surface area contributed by atoms with Crippen molar-refractivity contribution in [3.8, 4) is 0 Å². The Morgan fingerprint density at radius 1 is 1.24 bits per heavy atom. The van der Waals surface area contributed by atoms with Crippen LogP contribution in [0.1, 0.15) is 37.7 Å². The van der Waals surface area contributed by atoms with E-state index in [9.17, 15) is 4.39 Å². The van der Waals surface area contributed by atoms with Crippen LogP contribution in [0.15, 0.2) is 30.3 Å². The van der Waals surface area contributed by atoms with Gasteiger partial charge in [0, 0.05) is 12.5 Å². The van der Waals surface area contributed by atoms with Crippen molar-refractivity contribution in [3.05, 3.63) is 47.5 Å². The summed E-state index contributed by atoms with van der Waals surface area (Å²) in [6.07, 6.45) is 1.73. The van der Waals surface area contributed by atoms with E-state index in [1.807, 2.05) is 13.0 Å². The molecule has 112 valence electrons. The number of nitrogen functional groups attached to an aromatic ring is 1. The molecule has 0 saturated heterocycles. The summed E-state index contributed by atoms with van der Waals surface area (Å²) >= 11 is 0. The highest BCUT2D eigenvalue weighted by Gasteiger charge is 2.09. The molecule has 0 radical (unpaired) electrons. The van der Waals surface area contributed by atoms with Gasteiger partial charge >= 0.3 is 0 Å². The first kappa shape index (κ1) is 15.2. The van der Waals surface area contributed by atoms with Crippen LogP contribution in [0.2, 0.25) is 0 Å². The molecule has 4 N–H and O–H groups in total. The van der Waals surface area contributed by atoms with Gasteiger partial charge in [0.25, 0.3) is 0 Å². The minimum absolute atomic E-state index is 0.0734. The third-order valence-corrected chi connectivity index (χ3v) is 3.11. The topological polar surface area (TPSA) is 75.9 Å². The zero-order valence-corrected chi connectivity index (χ0v) is 12.2. The van der Waals surface area contributed by atoms with E-state index in [4.69, 9.17) is 5.84 Å². The van der Waals surface area contributed by atoms with Crippen molar-refractivity contribution in [2.24, 2.45) is 5.84 Å². The highest BCUT2D eigenvalue weighted by Crippen LogP contribution is 2.20. The molecule has 0 aliphatic heterocycles. The molecule has 0 aliphatic carbocycles. The molecule has 0 spiro atoms. The molecule has 21 heavy (non-hydrogen) atoms. The Kier molecular flexibility index (Phi) is 5.05. The Labute approximate surface area is 123 Å². The maximum Gasteiger partial charge on any atom is 0.145 e. The Bertz CT molecular complexity index is 602. The van der Waals surface area contributed by atoms with Gasteiger partial charge in [0.2, 0.25) is 0 Å². The average molecular weight is 289 g/mol. The van der Waals surface area contributed by atoms with Crippen molar-refractivity contribution in [2.75, 3.05) is 10.7 Å². The van der Waals surface area contributed by atoms with Crippen molar-refractivity contribution >= 4 is 11.6 Å². The van der Waals surface area contributed by atoms with Gasteiger partial charge in [0.1, 0.15) is 23.3 Å². The van der Waals surface area contributed by atoms with Gasteiger partial charge in [-0.3, -0.25) is 0 Å². The number of halogens is 1. The van der Waals surface area contributed by atoms with E-state index in [2.05, 4.69) is 27.6 Å². The predicted octanol–water partition coefficient (Wildman–Crippen LogP) is 3.03. The maximum atomic E-state index is 13.3. The second-order valence-electron chi connectivity index (χ2n) is 4.87. The number of aryl methyl sites for hydroxylation is 1. The molecule has 0 amide bonds. The molecule has 1 aromatic carbocycles. The lowest BCUT2D eigenvalue weighted by molar-refractivity contribution is 0.623. The van der Waals surface area contributed by atoms with Crippen LogP contribution in [-0.4, -0.2) is 9.97 Å². The molecule has 1 aromatic heterocycles. The van der Waals surface area contributed by atoms with E-state index in [0.717, 1.165) is 24.2 Å². The van der Waals surface area contributed by atoms with Crippen LogP contribution in [0.4, 0.5) is 16.0 Å². The van der Waals surface area contributed by atoms with Crippen molar-refractivity contribution in [2.45, 2.75) is 32.7 Å². The molecular formula is C15H20FN5. The first-order valence-corrected chi connectivity index (χ1v) is 6.99. The third kappa shape index (κ3) is 4.13. The van der Waals surface area contributed by atoms with E-state index in [1.165, 1.54) is 12.1 Å². The fourth-order valence-corrected chi connectivity index (χ4v) is 2.06. The minimum atomic E-state index is -0.250. The SMILES string of the molecule is CCCc1nc(NN)cc(NC(C)c2cccc(F)c2)n1. The van der Waals surface area contributed by atoms with E-state index in [-0.39, 0.29) is 11.9 Å². The average Bonchev–Trinajstić information content (AvgIpc) is 2.47. The minimum Gasteiger partial charge on any atom is -0.363 e. The third-order valence-electron chi connectivity index (χ3n) is 3.11. The lowest BCUT2D eigenvalue weighted by Gasteiger charge is -2.16. The van der Waals surface area contributed by atoms with Crippen molar-refractivity contribution < 1.29 is 4.39 Å². The van der Waals surface area contributed by atoms with Crippen LogP contribution >= 0.6 is 0 Å². The van der Waals surface area contributed by atoms with Gasteiger partial charge in [-0.05, 0) is 31.0 Å². The molecular weight excluding hydrogens is 269 g/mol. The summed E-state index contributed by atoms with van der Waals surface area (Å²) in [4.78, 5) is 8.74. The van der Waals surface area contributed by atoms with E-state index in [1.54, 1.807) is 12.1 Å². The molecule has 2 aromatic rings. The summed E-state index contributed by atoms with van der Waals surface area (Å²) in [7, 11) is 0. The number of nitrogens with one attached hydrogen (secondary N) is 2. The highest BCUT2D eigenvalue weighted by molar-refractivity contribution is 5.48. The summed E-state index contributed by atoms with van der Waals surface area (Å²) in [5.74, 6) is 7.12. The van der Waals surface area contributed by atoms with Gasteiger partial charge in [-0.1, -0.05) is 19.1 Å². The second kappa shape index (κ2) is 6.99. The van der Waals surface area contributed by atoms with E-state index in [0.29, 0.717) is 11.6 Å². The van der Waals surface area contributed by atoms with Gasteiger partial charge in [-0.15, -0.1) is 0 Å². The number of nitrogens with two attached hydrogens (primary N) is 1. The monoisotopic (exact) mass is 289 g/mol. The predicted molar refractivity (Wildman–Crippen MR) is 82.3 cm³/mol. The largest absolute Gasteiger partial charge is 0.363 e. The smallest absolute Gasteiger partial charge is 0.145 e. The van der Waals surface area contributed by atoms with Crippen LogP contribution in [0.5, 0.6) is 0 Å². The summed E-state index contributed by atoms with van der Waals surface area (Å²) in [5.41, 5.74) is 3.39. The van der Waals surface area contributed by atoms with Gasteiger partial charge < -0.3 is 10.7 Å². The van der Waals surface area contributed by atoms with Crippen LogP contribution in [0, 0.1) is 5.82 Å². The zero-order valence-electron chi connectivity index (χ0n) is 12.2. The number of rotatable bonds is 6. The Balaban J connectivity index is 2.19. The number of hydrogen-bond acceptors (Lipinski definition) is 5. The lowest BCUT2D eigenvalue weighted by Crippen LogP contribution is -2.14. The molecule has 2 rings (SSSR count). The molecule has 0 saturated carbocycles. The molecule has 0 bridgehead atoms. The fourth-order valence-electron chi connectivity index (χ4n) is 2.06. The van der Waals surface area contributed by atoms with Crippen LogP contribution in [0.3, 0.4) is 0 Å². The van der Waals surface area contributed by atoms with E-state index >= 15 is 0 Å². The van der Waals surface area contributed by atoms with Gasteiger partial charge in [0.15, 0.2) is 0 Å². The number of anilines is 2. The lowest BCUT2D eigenvalue weighted by atomic mass is 10.1. The van der Waals surface area contributed by atoms with Crippen molar-refractivity contribution in [1.82, 2.24) is 9.97 Å². The summed E-state index contributed by atoms with van der Waals surface area (Å²) in [6.45, 7) is 4.01. The number of benzene rings is 1. The van der Waals surface area contributed by atoms with Gasteiger partial charge in [0.05, 0.1) is 6.04 Å². The Morgan fingerprint density at radius 3 is 2.67 bits per heavy atom. The van der Waals surface area contributed by atoms with Crippen molar-refractivity contribution in [3.63, 3.8) is 0 Å². The quantitative estimate of drug-likeness (QED) is 0.563. The molecule has 6 heteroatoms. The molecule has 1 unspecified atom stereocenters. The molecule has 0 aliphatic rings. The maximum absolute atomic E-state index is 13.3. The van der Waals surface area contributed by atoms with Crippen LogP contribution < -0.4 is 16.6 Å². The number of hydrazine groups is 1. The summed E-state index contributed by atoms with van der Waals surface area (Å²) in [5, 5.41) is 3.25. The number of hydrogen-bond donors (Lipinski definition) is 3. The molecule has 1 heterocycles. The normalized spacial score (nSPS) is 12.0. The highest BCUT2D eigenvalue weighted by atomic mass is 19.1. The first-order valence-electron chi connectivity index (χ1n) is 6.99. The fraction of sp³-hybridized carbons (Fsp3) is 0.333. The van der Waals surface area contributed by atoms with E-state index < -0.39 is 0 Å². The number of nitrogens with zero attached hydrogens (tertiary/aromatic N) is 2. The standard InChI is InChI=1S/C15H20FN5/c1-3-5-13-19-14(9-15(20-13)21-17)18-10(2)11-6-4-7-12(16)8-11/h4,6-10H,3,5,17H2,1-2H3,(H2,18,19,20,21). The summed E-state index contributed by atoms with van der Waals surface area (Å²) in [6, 6.07) is 8.16. The summed E-state index contributed by atoms with van der Waals surface area (Å²) < 4.78 is 13.3. The van der Waals surface area contributed by atoms with Gasteiger partial charge in [-0.25, -0.2) is 20.2 Å². The molecule has 0 fully saturated rings. The Hall–Kier alpha value is -2.21. The molecule has 1 atom stereocenters. The number of aromatic nitrogens is 2. The Morgan fingerprint density at radius 2 is 2.00 bits per heavy atom. The molecule has 5 nitrogen and oxygen atoms in total. The zero-order chi connectivity index (χ0) is 15.2. The van der Waals surface area contributed by atoms with Crippen LogP contribution in [-0.2, 0) is 6.42 Å². The van der Waals surface area contributed by atoms with Crippen molar-refractivity contribution in [1.29, 1.82) is 0 Å². The second-order valence-corrected chi connectivity index (χ2v) is 4.87. The first-order chi connectivity index (χ1) is 10.1. The van der Waals surface area contributed by atoms with Crippen LogP contribution in [0.25, 0.3) is 0 Å². The van der Waals surface area contributed by atoms with Gasteiger partial charge in [-0.2, -0.15) is 0 Å².